The number of hydrogen-bond donors (Lipinski definition) is 2. The molecule has 1 aliphatic rings. The summed E-state index contributed by atoms with van der Waals surface area (Å²) in [7, 11) is 1.62. The number of ether oxygens (including phenoxy) is 3. The molecule has 2 N–H and O–H groups in total. The minimum absolute atomic E-state index is 0. The molecule has 2 heterocycles. The summed E-state index contributed by atoms with van der Waals surface area (Å²) in [6, 6.07) is 8.08. The van der Waals surface area contributed by atoms with E-state index in [1.54, 1.807) is 29.9 Å². The molecule has 0 saturated heterocycles. The molecule has 0 aliphatic carbocycles. The highest BCUT2D eigenvalue weighted by molar-refractivity contribution is 14.0. The van der Waals surface area contributed by atoms with E-state index in [-0.39, 0.29) is 48.6 Å². The van der Waals surface area contributed by atoms with Gasteiger partial charge in [-0.15, -0.1) is 24.0 Å². The van der Waals surface area contributed by atoms with Crippen LogP contribution in [0.25, 0.3) is 0 Å². The van der Waals surface area contributed by atoms with Crippen molar-refractivity contribution in [3.63, 3.8) is 0 Å². The third kappa shape index (κ3) is 7.26. The molecule has 0 bridgehead atoms. The maximum atomic E-state index is 12.7. The predicted molar refractivity (Wildman–Crippen MR) is 123 cm³/mol. The molecular formula is C20H25F2IN4O4. The number of aliphatic imine (C=N–C) groups is 1. The normalized spacial score (nSPS) is 12.5. The number of benzene rings is 1. The van der Waals surface area contributed by atoms with Gasteiger partial charge in [0.1, 0.15) is 5.75 Å². The van der Waals surface area contributed by atoms with E-state index in [0.717, 1.165) is 12.8 Å². The van der Waals surface area contributed by atoms with Crippen molar-refractivity contribution in [1.82, 2.24) is 15.2 Å². The van der Waals surface area contributed by atoms with E-state index in [2.05, 4.69) is 20.4 Å². The van der Waals surface area contributed by atoms with Gasteiger partial charge in [0.25, 0.3) is 0 Å². The minimum Gasteiger partial charge on any atom is -0.454 e. The average molecular weight is 550 g/mol. The van der Waals surface area contributed by atoms with Crippen LogP contribution >= 0.6 is 24.0 Å². The van der Waals surface area contributed by atoms with Gasteiger partial charge in [0.05, 0.1) is 0 Å². The summed E-state index contributed by atoms with van der Waals surface area (Å²) in [5, 5.41) is 6.23. The summed E-state index contributed by atoms with van der Waals surface area (Å²) in [4.78, 5) is 15.8. The third-order valence-electron chi connectivity index (χ3n) is 4.46. The maximum Gasteiger partial charge on any atom is 0.387 e. The first-order chi connectivity index (χ1) is 14.6. The summed E-state index contributed by atoms with van der Waals surface area (Å²) < 4.78 is 42.3. The maximum absolute atomic E-state index is 12.7. The van der Waals surface area contributed by atoms with Crippen LogP contribution in [0.5, 0.6) is 17.2 Å². The largest absolute Gasteiger partial charge is 0.454 e. The Morgan fingerprint density at radius 2 is 2.00 bits per heavy atom. The fourth-order valence-electron chi connectivity index (χ4n) is 2.97. The lowest BCUT2D eigenvalue weighted by molar-refractivity contribution is -0.0505. The van der Waals surface area contributed by atoms with Gasteiger partial charge in [-0.05, 0) is 25.0 Å². The van der Waals surface area contributed by atoms with E-state index in [1.807, 2.05) is 6.07 Å². The second-order valence-corrected chi connectivity index (χ2v) is 6.48. The van der Waals surface area contributed by atoms with E-state index < -0.39 is 6.61 Å². The van der Waals surface area contributed by atoms with Gasteiger partial charge in [0, 0.05) is 50.6 Å². The number of nitrogens with zero attached hydrogens (tertiary/aromatic N) is 2. The molecule has 0 radical (unpaired) electrons. The number of halogens is 3. The van der Waals surface area contributed by atoms with Gasteiger partial charge in [0.2, 0.25) is 12.4 Å². The Hall–Kier alpha value is -2.57. The van der Waals surface area contributed by atoms with Crippen molar-refractivity contribution in [3.8, 4) is 17.2 Å². The quantitative estimate of drug-likeness (QED) is 0.216. The predicted octanol–water partition coefficient (Wildman–Crippen LogP) is 2.94. The lowest BCUT2D eigenvalue weighted by atomic mass is 10.1. The molecule has 31 heavy (non-hydrogen) atoms. The number of guanidine groups is 1. The van der Waals surface area contributed by atoms with Gasteiger partial charge >= 0.3 is 6.61 Å². The number of rotatable bonds is 9. The van der Waals surface area contributed by atoms with Crippen molar-refractivity contribution in [3.05, 3.63) is 52.4 Å². The number of fused-ring (bicyclic) bond motifs is 1. The van der Waals surface area contributed by atoms with Crippen LogP contribution in [-0.2, 0) is 13.1 Å². The highest BCUT2D eigenvalue weighted by Gasteiger charge is 2.20. The summed E-state index contributed by atoms with van der Waals surface area (Å²) >= 11 is 0. The van der Waals surface area contributed by atoms with Crippen LogP contribution in [0.4, 0.5) is 8.78 Å². The van der Waals surface area contributed by atoms with E-state index >= 15 is 0 Å². The zero-order valence-corrected chi connectivity index (χ0v) is 19.3. The molecular weight excluding hydrogens is 525 g/mol. The van der Waals surface area contributed by atoms with Crippen molar-refractivity contribution in [2.45, 2.75) is 32.5 Å². The van der Waals surface area contributed by atoms with E-state index in [1.165, 1.54) is 12.1 Å². The van der Waals surface area contributed by atoms with Crippen LogP contribution in [0.3, 0.4) is 0 Å². The summed E-state index contributed by atoms with van der Waals surface area (Å²) in [6.45, 7) is -1.42. The highest BCUT2D eigenvalue weighted by atomic mass is 127. The Balaban J connectivity index is 0.00000341. The van der Waals surface area contributed by atoms with Crippen LogP contribution in [-0.4, -0.2) is 37.5 Å². The van der Waals surface area contributed by atoms with Crippen LogP contribution in [0.15, 0.2) is 46.3 Å². The van der Waals surface area contributed by atoms with Gasteiger partial charge in [-0.1, -0.05) is 6.07 Å². The van der Waals surface area contributed by atoms with Gasteiger partial charge in [-0.2, -0.15) is 8.78 Å². The Morgan fingerprint density at radius 1 is 1.23 bits per heavy atom. The Bertz CT molecular complexity index is 940. The lowest BCUT2D eigenvalue weighted by Gasteiger charge is -2.15. The SMILES string of the molecule is CN=C(NCCCCn1ccccc1=O)NCc1cc2c(cc1OC(F)F)OCO2.I. The fraction of sp³-hybridized carbons (Fsp3) is 0.400. The number of nitrogens with one attached hydrogen (secondary N) is 2. The number of aromatic nitrogens is 1. The first-order valence-corrected chi connectivity index (χ1v) is 9.54. The molecule has 170 valence electrons. The fourth-order valence-corrected chi connectivity index (χ4v) is 2.97. The molecule has 0 spiro atoms. The standard InChI is InChI=1S/C20H24F2N4O4.HI/c1-23-20(24-7-3-5-9-26-8-4-2-6-18(26)27)25-12-14-10-16-17(29-13-28-16)11-15(14)30-19(21)22;/h2,4,6,8,10-11,19H,3,5,7,9,12-13H2,1H3,(H2,23,24,25);1H. The lowest BCUT2D eigenvalue weighted by Crippen LogP contribution is -2.37. The highest BCUT2D eigenvalue weighted by Crippen LogP contribution is 2.38. The van der Waals surface area contributed by atoms with Crippen LogP contribution in [0.1, 0.15) is 18.4 Å². The van der Waals surface area contributed by atoms with E-state index in [4.69, 9.17) is 9.47 Å². The smallest absolute Gasteiger partial charge is 0.387 e. The van der Waals surface area contributed by atoms with Crippen molar-refractivity contribution in [2.75, 3.05) is 20.4 Å². The first-order valence-electron chi connectivity index (χ1n) is 9.54. The monoisotopic (exact) mass is 550 g/mol. The molecule has 0 unspecified atom stereocenters. The summed E-state index contributed by atoms with van der Waals surface area (Å²) in [5.74, 6) is 1.39. The molecule has 8 nitrogen and oxygen atoms in total. The molecule has 1 aliphatic heterocycles. The second kappa shape index (κ2) is 12.3. The summed E-state index contributed by atoms with van der Waals surface area (Å²) in [5.41, 5.74) is 0.472. The zero-order valence-electron chi connectivity index (χ0n) is 17.0. The molecule has 0 atom stereocenters. The van der Waals surface area contributed by atoms with Crippen LogP contribution < -0.4 is 30.4 Å². The minimum atomic E-state index is -2.95. The molecule has 0 saturated carbocycles. The summed E-state index contributed by atoms with van der Waals surface area (Å²) in [6.07, 6.45) is 3.41. The Morgan fingerprint density at radius 3 is 2.71 bits per heavy atom. The third-order valence-corrected chi connectivity index (χ3v) is 4.46. The number of unbranched alkanes of at least 4 members (excludes halogenated alkanes) is 1. The van der Waals surface area contributed by atoms with Gasteiger partial charge < -0.3 is 29.4 Å². The number of alkyl halides is 2. The first kappa shape index (κ1) is 24.7. The molecule has 0 fully saturated rings. The molecule has 1 aromatic carbocycles. The molecule has 3 rings (SSSR count). The number of aryl methyl sites for hydroxylation is 1. The zero-order chi connectivity index (χ0) is 21.3. The molecule has 11 heteroatoms. The van der Waals surface area contributed by atoms with Crippen LogP contribution in [0, 0.1) is 0 Å². The van der Waals surface area contributed by atoms with Crippen molar-refractivity contribution in [1.29, 1.82) is 0 Å². The van der Waals surface area contributed by atoms with Gasteiger partial charge in [-0.25, -0.2) is 0 Å². The van der Waals surface area contributed by atoms with E-state index in [9.17, 15) is 13.6 Å². The van der Waals surface area contributed by atoms with Crippen LogP contribution in [0.2, 0.25) is 0 Å². The van der Waals surface area contributed by atoms with Crippen molar-refractivity contribution in [2.24, 2.45) is 4.99 Å². The van der Waals surface area contributed by atoms with E-state index in [0.29, 0.717) is 36.1 Å². The van der Waals surface area contributed by atoms with Gasteiger partial charge in [0.15, 0.2) is 17.5 Å². The van der Waals surface area contributed by atoms with Crippen molar-refractivity contribution >= 4 is 29.9 Å². The number of hydrogen-bond acceptors (Lipinski definition) is 5. The molecule has 1 aromatic heterocycles. The topological polar surface area (TPSA) is 86.1 Å². The Labute approximate surface area is 195 Å². The van der Waals surface area contributed by atoms with Crippen molar-refractivity contribution < 1.29 is 23.0 Å². The van der Waals surface area contributed by atoms with Gasteiger partial charge in [-0.3, -0.25) is 9.79 Å². The average Bonchev–Trinajstić information content (AvgIpc) is 3.18. The molecule has 0 amide bonds. The number of pyridine rings is 1. The molecule has 2 aromatic rings. The Kier molecular flexibility index (Phi) is 9.82. The second-order valence-electron chi connectivity index (χ2n) is 6.48.